The minimum Gasteiger partial charge on any atom is -0.492 e. The second kappa shape index (κ2) is 3.42. The van der Waals surface area contributed by atoms with E-state index >= 15 is 0 Å². The predicted molar refractivity (Wildman–Crippen MR) is 56.4 cm³/mol. The Morgan fingerprint density at radius 1 is 1.60 bits per heavy atom. The summed E-state index contributed by atoms with van der Waals surface area (Å²) in [7, 11) is 0. The highest BCUT2D eigenvalue weighted by atomic mass is 35.5. The smallest absolute Gasteiger partial charge is 0.313 e. The zero-order valence-electron chi connectivity index (χ0n) is 8.29. The standard InChI is InChI=1S/C11H11ClO3/c1-11(10(13)14)5-7-4-8(12)2-3-9(7)15-6-11/h2-4H,5-6H2,1H3,(H,13,14). The SMILES string of the molecule is CC1(C(=O)O)COc2ccc(Cl)cc2C1. The van der Waals surface area contributed by atoms with Crippen LogP contribution in [0.5, 0.6) is 5.75 Å². The van der Waals surface area contributed by atoms with E-state index in [2.05, 4.69) is 0 Å². The first-order chi connectivity index (χ1) is 7.01. The summed E-state index contributed by atoms with van der Waals surface area (Å²) in [4.78, 5) is 11.1. The molecule has 1 heterocycles. The zero-order valence-corrected chi connectivity index (χ0v) is 9.04. The first-order valence-corrected chi connectivity index (χ1v) is 5.04. The van der Waals surface area contributed by atoms with Crippen molar-refractivity contribution in [3.8, 4) is 5.75 Å². The molecular weight excluding hydrogens is 216 g/mol. The Bertz CT molecular complexity index is 416. The summed E-state index contributed by atoms with van der Waals surface area (Å²) in [5, 5.41) is 9.68. The summed E-state index contributed by atoms with van der Waals surface area (Å²) in [6.45, 7) is 1.89. The van der Waals surface area contributed by atoms with Gasteiger partial charge < -0.3 is 9.84 Å². The maximum absolute atomic E-state index is 11.1. The molecule has 1 atom stereocenters. The van der Waals surface area contributed by atoms with Crippen molar-refractivity contribution >= 4 is 17.6 Å². The minimum atomic E-state index is -0.850. The van der Waals surface area contributed by atoms with Gasteiger partial charge in [0.2, 0.25) is 0 Å². The molecule has 1 aromatic carbocycles. The van der Waals surface area contributed by atoms with Gasteiger partial charge in [-0.25, -0.2) is 0 Å². The molecule has 0 bridgehead atoms. The maximum atomic E-state index is 11.1. The molecule has 0 spiro atoms. The largest absolute Gasteiger partial charge is 0.492 e. The van der Waals surface area contributed by atoms with Crippen molar-refractivity contribution in [3.63, 3.8) is 0 Å². The lowest BCUT2D eigenvalue weighted by Crippen LogP contribution is -2.39. The van der Waals surface area contributed by atoms with Crippen LogP contribution in [0.3, 0.4) is 0 Å². The normalized spacial score (nSPS) is 24.1. The van der Waals surface area contributed by atoms with E-state index in [1.807, 2.05) is 0 Å². The molecule has 0 amide bonds. The fourth-order valence-corrected chi connectivity index (χ4v) is 1.87. The van der Waals surface area contributed by atoms with E-state index in [1.165, 1.54) is 0 Å². The highest BCUT2D eigenvalue weighted by Gasteiger charge is 2.38. The Labute approximate surface area is 92.6 Å². The summed E-state index contributed by atoms with van der Waals surface area (Å²) < 4.78 is 5.42. The average molecular weight is 227 g/mol. The van der Waals surface area contributed by atoms with Crippen LogP contribution < -0.4 is 4.74 Å². The van der Waals surface area contributed by atoms with Crippen molar-refractivity contribution in [3.05, 3.63) is 28.8 Å². The molecule has 1 aliphatic heterocycles. The molecule has 1 aromatic rings. The van der Waals surface area contributed by atoms with Crippen LogP contribution in [-0.2, 0) is 11.2 Å². The second-order valence-electron chi connectivity index (χ2n) is 4.08. The molecule has 0 saturated carbocycles. The van der Waals surface area contributed by atoms with Gasteiger partial charge in [0.1, 0.15) is 17.8 Å². The van der Waals surface area contributed by atoms with Crippen molar-refractivity contribution in [1.29, 1.82) is 0 Å². The molecular formula is C11H11ClO3. The van der Waals surface area contributed by atoms with E-state index in [1.54, 1.807) is 25.1 Å². The number of hydrogen-bond donors (Lipinski definition) is 1. The van der Waals surface area contributed by atoms with Crippen molar-refractivity contribution in [2.75, 3.05) is 6.61 Å². The first-order valence-electron chi connectivity index (χ1n) is 4.66. The third kappa shape index (κ3) is 1.79. The topological polar surface area (TPSA) is 46.5 Å². The lowest BCUT2D eigenvalue weighted by Gasteiger charge is -2.31. The molecule has 4 heteroatoms. The summed E-state index contributed by atoms with van der Waals surface area (Å²) in [5.74, 6) is -0.105. The molecule has 80 valence electrons. The third-order valence-corrected chi connectivity index (χ3v) is 2.90. The van der Waals surface area contributed by atoms with E-state index in [-0.39, 0.29) is 6.61 Å². The van der Waals surface area contributed by atoms with Gasteiger partial charge in [-0.05, 0) is 37.1 Å². The molecule has 0 fully saturated rings. The van der Waals surface area contributed by atoms with Gasteiger partial charge in [-0.3, -0.25) is 4.79 Å². The predicted octanol–water partition coefficient (Wildman–Crippen LogP) is 2.37. The Morgan fingerprint density at radius 3 is 3.00 bits per heavy atom. The average Bonchev–Trinajstić information content (AvgIpc) is 2.16. The van der Waals surface area contributed by atoms with Gasteiger partial charge in [0.25, 0.3) is 0 Å². The van der Waals surface area contributed by atoms with Crippen LogP contribution in [0.25, 0.3) is 0 Å². The van der Waals surface area contributed by atoms with E-state index in [4.69, 9.17) is 21.4 Å². The maximum Gasteiger partial charge on any atom is 0.313 e. The fraction of sp³-hybridized carbons (Fsp3) is 0.364. The van der Waals surface area contributed by atoms with Crippen molar-refractivity contribution in [1.82, 2.24) is 0 Å². The number of fused-ring (bicyclic) bond motifs is 1. The number of hydrogen-bond acceptors (Lipinski definition) is 2. The molecule has 1 unspecified atom stereocenters. The van der Waals surface area contributed by atoms with E-state index in [0.717, 1.165) is 11.3 Å². The number of halogens is 1. The van der Waals surface area contributed by atoms with Crippen molar-refractivity contribution in [2.45, 2.75) is 13.3 Å². The number of carboxylic acids is 1. The second-order valence-corrected chi connectivity index (χ2v) is 4.52. The van der Waals surface area contributed by atoms with Crippen LogP contribution in [0, 0.1) is 5.41 Å². The van der Waals surface area contributed by atoms with E-state index in [0.29, 0.717) is 11.4 Å². The Balaban J connectivity index is 2.37. The van der Waals surface area contributed by atoms with Crippen LogP contribution in [0.15, 0.2) is 18.2 Å². The van der Waals surface area contributed by atoms with Gasteiger partial charge in [0.05, 0.1) is 0 Å². The molecule has 2 rings (SSSR count). The summed E-state index contributed by atoms with van der Waals surface area (Å²) >= 11 is 5.85. The monoisotopic (exact) mass is 226 g/mol. The van der Waals surface area contributed by atoms with Crippen LogP contribution in [0.4, 0.5) is 0 Å². The molecule has 3 nitrogen and oxygen atoms in total. The molecule has 0 radical (unpaired) electrons. The number of carbonyl (C=O) groups is 1. The highest BCUT2D eigenvalue weighted by Crippen LogP contribution is 2.35. The van der Waals surface area contributed by atoms with Gasteiger partial charge >= 0.3 is 5.97 Å². The van der Waals surface area contributed by atoms with Gasteiger partial charge in [-0.1, -0.05) is 11.6 Å². The Morgan fingerprint density at radius 2 is 2.33 bits per heavy atom. The lowest BCUT2D eigenvalue weighted by atomic mass is 9.82. The van der Waals surface area contributed by atoms with Crippen LogP contribution in [0.1, 0.15) is 12.5 Å². The molecule has 0 saturated heterocycles. The van der Waals surface area contributed by atoms with E-state index in [9.17, 15) is 4.79 Å². The summed E-state index contributed by atoms with van der Waals surface area (Å²) in [5.41, 5.74) is 0.0103. The van der Waals surface area contributed by atoms with Crippen molar-refractivity contribution < 1.29 is 14.6 Å². The third-order valence-electron chi connectivity index (χ3n) is 2.67. The summed E-state index contributed by atoms with van der Waals surface area (Å²) in [6.07, 6.45) is 0.457. The number of carboxylic acid groups (broad SMARTS) is 1. The molecule has 1 aliphatic rings. The van der Waals surface area contributed by atoms with Gasteiger partial charge in [0.15, 0.2) is 0 Å². The number of ether oxygens (including phenoxy) is 1. The zero-order chi connectivity index (χ0) is 11.1. The van der Waals surface area contributed by atoms with Gasteiger partial charge in [-0.2, -0.15) is 0 Å². The minimum absolute atomic E-state index is 0.205. The number of benzene rings is 1. The quantitative estimate of drug-likeness (QED) is 0.800. The Hall–Kier alpha value is -1.22. The fourth-order valence-electron chi connectivity index (χ4n) is 1.67. The van der Waals surface area contributed by atoms with Crippen LogP contribution >= 0.6 is 11.6 Å². The highest BCUT2D eigenvalue weighted by molar-refractivity contribution is 6.30. The molecule has 1 N–H and O–H groups in total. The molecule has 0 aliphatic carbocycles. The molecule has 0 aromatic heterocycles. The lowest BCUT2D eigenvalue weighted by molar-refractivity contribution is -0.150. The Kier molecular flexibility index (Phi) is 2.35. The van der Waals surface area contributed by atoms with Crippen LogP contribution in [0.2, 0.25) is 5.02 Å². The van der Waals surface area contributed by atoms with Crippen molar-refractivity contribution in [2.24, 2.45) is 5.41 Å². The van der Waals surface area contributed by atoms with E-state index < -0.39 is 11.4 Å². The number of aliphatic carboxylic acids is 1. The van der Waals surface area contributed by atoms with Gasteiger partial charge in [0, 0.05) is 5.02 Å². The number of rotatable bonds is 1. The first kappa shape index (κ1) is 10.3. The van der Waals surface area contributed by atoms with Gasteiger partial charge in [-0.15, -0.1) is 0 Å². The van der Waals surface area contributed by atoms with Crippen LogP contribution in [-0.4, -0.2) is 17.7 Å². The summed E-state index contributed by atoms with van der Waals surface area (Å²) in [6, 6.07) is 5.28. The molecule has 15 heavy (non-hydrogen) atoms.